The fourth-order valence-electron chi connectivity index (χ4n) is 2.00. The Balaban J connectivity index is 0.000000168. The summed E-state index contributed by atoms with van der Waals surface area (Å²) in [5.41, 5.74) is 3.99. The topological polar surface area (TPSA) is 12.4 Å². The summed E-state index contributed by atoms with van der Waals surface area (Å²) in [6.45, 7) is 0. The molecule has 0 amide bonds. The minimum atomic E-state index is 0.699. The van der Waals surface area contributed by atoms with Crippen LogP contribution in [0.15, 0.2) is 89.9 Å². The van der Waals surface area contributed by atoms with Crippen molar-refractivity contribution in [3.63, 3.8) is 0 Å². The van der Waals surface area contributed by atoms with Gasteiger partial charge in [0, 0.05) is 0 Å². The van der Waals surface area contributed by atoms with Crippen LogP contribution in [-0.2, 0) is 0 Å². The third-order valence-corrected chi connectivity index (χ3v) is 3.20. The van der Waals surface area contributed by atoms with E-state index in [2.05, 4.69) is 76.8 Å². The zero-order valence-corrected chi connectivity index (χ0v) is 13.3. The first kappa shape index (κ1) is 16.4. The molecule has 23 heavy (non-hydrogen) atoms. The third-order valence-electron chi connectivity index (χ3n) is 3.11. The first-order valence-corrected chi connectivity index (χ1v) is 7.50. The van der Waals surface area contributed by atoms with Crippen molar-refractivity contribution in [3.8, 4) is 23.5 Å². The first-order chi connectivity index (χ1) is 11.3. The van der Waals surface area contributed by atoms with Crippen molar-refractivity contribution >= 4 is 23.1 Å². The normalized spacial score (nSPS) is 8.83. The molecule has 0 spiro atoms. The van der Waals surface area contributed by atoms with Crippen LogP contribution in [0.1, 0.15) is 5.56 Å². The third kappa shape index (κ3) is 5.05. The van der Waals surface area contributed by atoms with E-state index in [1.807, 2.05) is 30.3 Å². The molecule has 0 atom stereocenters. The van der Waals surface area contributed by atoms with Gasteiger partial charge in [0.25, 0.3) is 0 Å². The SMILES string of the molecule is C#Cc1ccccc1N=C=S.c1ccc(-c2ccccc2)cc1. The average Bonchev–Trinajstić information content (AvgIpc) is 2.64. The number of isothiocyanates is 1. The number of thiocarbonyl (C=S) groups is 1. The van der Waals surface area contributed by atoms with Gasteiger partial charge in [-0.25, -0.2) is 0 Å². The van der Waals surface area contributed by atoms with E-state index in [0.717, 1.165) is 5.56 Å². The van der Waals surface area contributed by atoms with E-state index in [1.165, 1.54) is 11.1 Å². The molecule has 0 aliphatic heterocycles. The van der Waals surface area contributed by atoms with Crippen molar-refractivity contribution < 1.29 is 0 Å². The summed E-state index contributed by atoms with van der Waals surface area (Å²) in [7, 11) is 0. The van der Waals surface area contributed by atoms with Gasteiger partial charge in [0.05, 0.1) is 16.4 Å². The summed E-state index contributed by atoms with van der Waals surface area (Å²) in [6, 6.07) is 28.1. The number of hydrogen-bond acceptors (Lipinski definition) is 2. The summed E-state index contributed by atoms with van der Waals surface area (Å²) in [6.07, 6.45) is 5.21. The fourth-order valence-corrected chi connectivity index (χ4v) is 2.10. The van der Waals surface area contributed by atoms with Crippen LogP contribution in [0.25, 0.3) is 11.1 Å². The van der Waals surface area contributed by atoms with Gasteiger partial charge < -0.3 is 0 Å². The lowest BCUT2D eigenvalue weighted by atomic mass is 10.1. The van der Waals surface area contributed by atoms with Crippen molar-refractivity contribution in [2.45, 2.75) is 0 Å². The Kier molecular flexibility index (Phi) is 6.50. The maximum atomic E-state index is 5.21. The summed E-state index contributed by atoms with van der Waals surface area (Å²) in [5, 5.41) is 2.27. The zero-order chi connectivity index (χ0) is 16.3. The summed E-state index contributed by atoms with van der Waals surface area (Å²) < 4.78 is 0. The van der Waals surface area contributed by atoms with Gasteiger partial charge in [-0.1, -0.05) is 78.7 Å². The molecular formula is C21H15NS. The predicted octanol–water partition coefficient (Wildman–Crippen LogP) is 5.76. The Morgan fingerprint density at radius 1 is 0.696 bits per heavy atom. The minimum absolute atomic E-state index is 0.699. The van der Waals surface area contributed by atoms with Gasteiger partial charge in [-0.2, -0.15) is 4.99 Å². The van der Waals surface area contributed by atoms with Crippen LogP contribution in [0.4, 0.5) is 5.69 Å². The molecule has 0 fully saturated rings. The highest BCUT2D eigenvalue weighted by Crippen LogP contribution is 2.17. The molecule has 0 N–H and O–H groups in total. The van der Waals surface area contributed by atoms with E-state index in [1.54, 1.807) is 6.07 Å². The van der Waals surface area contributed by atoms with Gasteiger partial charge in [0.1, 0.15) is 0 Å². The second kappa shape index (κ2) is 9.12. The quantitative estimate of drug-likeness (QED) is 0.333. The van der Waals surface area contributed by atoms with E-state index >= 15 is 0 Å². The molecule has 3 aromatic rings. The molecule has 0 radical (unpaired) electrons. The minimum Gasteiger partial charge on any atom is -0.193 e. The van der Waals surface area contributed by atoms with Gasteiger partial charge in [-0.15, -0.1) is 6.42 Å². The lowest BCUT2D eigenvalue weighted by Crippen LogP contribution is -1.73. The Hall–Kier alpha value is -2.98. The Morgan fingerprint density at radius 2 is 1.17 bits per heavy atom. The van der Waals surface area contributed by atoms with Crippen molar-refractivity contribution in [1.29, 1.82) is 0 Å². The highest BCUT2D eigenvalue weighted by atomic mass is 32.1. The van der Waals surface area contributed by atoms with Gasteiger partial charge in [-0.05, 0) is 35.5 Å². The van der Waals surface area contributed by atoms with Crippen molar-refractivity contribution in [2.24, 2.45) is 4.99 Å². The van der Waals surface area contributed by atoms with Crippen molar-refractivity contribution in [1.82, 2.24) is 0 Å². The molecule has 0 saturated carbocycles. The van der Waals surface area contributed by atoms with Crippen LogP contribution in [0.2, 0.25) is 0 Å². The number of aliphatic imine (C=N–C) groups is 1. The smallest absolute Gasteiger partial charge is 0.0895 e. The van der Waals surface area contributed by atoms with Crippen LogP contribution in [-0.4, -0.2) is 5.16 Å². The van der Waals surface area contributed by atoms with Crippen LogP contribution >= 0.6 is 12.2 Å². The highest BCUT2D eigenvalue weighted by molar-refractivity contribution is 7.78. The van der Waals surface area contributed by atoms with E-state index in [9.17, 15) is 0 Å². The van der Waals surface area contributed by atoms with Gasteiger partial charge in [0.2, 0.25) is 0 Å². The van der Waals surface area contributed by atoms with E-state index in [4.69, 9.17) is 6.42 Å². The molecule has 1 nitrogen and oxygen atoms in total. The number of terminal acetylenes is 1. The summed E-state index contributed by atoms with van der Waals surface area (Å²) in [5.74, 6) is 2.50. The molecule has 3 rings (SSSR count). The van der Waals surface area contributed by atoms with Gasteiger partial charge in [0.15, 0.2) is 0 Å². The maximum Gasteiger partial charge on any atom is 0.0895 e. The summed E-state index contributed by atoms with van der Waals surface area (Å²) >= 11 is 4.46. The standard InChI is InChI=1S/C12H10.C9H5NS/c1-3-7-11(8-4-1)12-9-5-2-6-10-12;1-2-8-5-3-4-6-9(8)10-7-11/h1-10H;1,3-6H. The lowest BCUT2D eigenvalue weighted by Gasteiger charge is -1.98. The Bertz CT molecular complexity index is 789. The number of hydrogen-bond donors (Lipinski definition) is 0. The molecule has 0 saturated heterocycles. The molecule has 0 heterocycles. The molecule has 0 aliphatic rings. The molecular weight excluding hydrogens is 298 g/mol. The van der Waals surface area contributed by atoms with Crippen molar-refractivity contribution in [2.75, 3.05) is 0 Å². The fraction of sp³-hybridized carbons (Fsp3) is 0. The number of nitrogens with zero attached hydrogens (tertiary/aromatic N) is 1. The highest BCUT2D eigenvalue weighted by Gasteiger charge is 1.93. The molecule has 3 aromatic carbocycles. The lowest BCUT2D eigenvalue weighted by molar-refractivity contribution is 1.52. The second-order valence-corrected chi connectivity index (χ2v) is 4.78. The van der Waals surface area contributed by atoms with Crippen LogP contribution in [0.5, 0.6) is 0 Å². The Labute approximate surface area is 142 Å². The first-order valence-electron chi connectivity index (χ1n) is 7.09. The van der Waals surface area contributed by atoms with Crippen LogP contribution in [0.3, 0.4) is 0 Å². The van der Waals surface area contributed by atoms with Gasteiger partial charge >= 0.3 is 0 Å². The molecule has 0 unspecified atom stereocenters. The Morgan fingerprint density at radius 3 is 1.65 bits per heavy atom. The molecule has 0 aromatic heterocycles. The zero-order valence-electron chi connectivity index (χ0n) is 12.5. The molecule has 2 heteroatoms. The maximum absolute atomic E-state index is 5.21. The second-order valence-electron chi connectivity index (χ2n) is 4.60. The van der Waals surface area contributed by atoms with E-state index in [-0.39, 0.29) is 0 Å². The van der Waals surface area contributed by atoms with Gasteiger partial charge in [-0.3, -0.25) is 0 Å². The molecule has 0 aliphatic carbocycles. The number of para-hydroxylation sites is 1. The molecule has 110 valence electrons. The summed E-state index contributed by atoms with van der Waals surface area (Å²) in [4.78, 5) is 3.80. The van der Waals surface area contributed by atoms with Crippen molar-refractivity contribution in [3.05, 3.63) is 90.5 Å². The average molecular weight is 313 g/mol. The monoisotopic (exact) mass is 313 g/mol. The van der Waals surface area contributed by atoms with E-state index in [0.29, 0.717) is 5.69 Å². The van der Waals surface area contributed by atoms with Crippen LogP contribution < -0.4 is 0 Å². The number of benzene rings is 3. The van der Waals surface area contributed by atoms with Crippen LogP contribution in [0, 0.1) is 12.3 Å². The number of rotatable bonds is 2. The predicted molar refractivity (Wildman–Crippen MR) is 101 cm³/mol. The van der Waals surface area contributed by atoms with E-state index < -0.39 is 0 Å². The molecule has 0 bridgehead atoms. The largest absolute Gasteiger partial charge is 0.193 e.